The Balaban J connectivity index is 1.96. The molecular weight excluding hydrogens is 318 g/mol. The number of nitrogens with one attached hydrogen (secondary N) is 3. The molecule has 1 saturated carbocycles. The van der Waals surface area contributed by atoms with Crippen LogP contribution in [-0.2, 0) is 4.74 Å². The molecule has 0 aliphatic heterocycles. The van der Waals surface area contributed by atoms with E-state index < -0.39 is 0 Å². The van der Waals surface area contributed by atoms with E-state index in [9.17, 15) is 9.59 Å². The summed E-state index contributed by atoms with van der Waals surface area (Å²) in [7, 11) is 1.57. The summed E-state index contributed by atoms with van der Waals surface area (Å²) in [6.45, 7) is 0.858. The van der Waals surface area contributed by atoms with E-state index in [0.717, 1.165) is 25.7 Å². The van der Waals surface area contributed by atoms with Gasteiger partial charge in [-0.2, -0.15) is 0 Å². The van der Waals surface area contributed by atoms with Crippen LogP contribution in [0.4, 0.5) is 10.5 Å². The van der Waals surface area contributed by atoms with Crippen LogP contribution in [0.15, 0.2) is 18.2 Å². The van der Waals surface area contributed by atoms with Gasteiger partial charge in [0.05, 0.1) is 17.3 Å². The number of benzene rings is 1. The molecule has 0 radical (unpaired) electrons. The van der Waals surface area contributed by atoms with E-state index in [1.165, 1.54) is 0 Å². The van der Waals surface area contributed by atoms with Crippen LogP contribution in [0.1, 0.15) is 36.0 Å². The van der Waals surface area contributed by atoms with Gasteiger partial charge in [0.25, 0.3) is 5.91 Å². The fourth-order valence-corrected chi connectivity index (χ4v) is 2.71. The SMILES string of the molecule is COCCNC(=O)c1ccc(Cl)c(NC(=O)NC2CCCC2)c1. The fraction of sp³-hybridized carbons (Fsp3) is 0.500. The first-order chi connectivity index (χ1) is 11.1. The molecule has 0 heterocycles. The predicted molar refractivity (Wildman–Crippen MR) is 90.1 cm³/mol. The van der Waals surface area contributed by atoms with Gasteiger partial charge in [0.15, 0.2) is 0 Å². The number of carbonyl (C=O) groups excluding carboxylic acids is 2. The van der Waals surface area contributed by atoms with Crippen LogP contribution in [0, 0.1) is 0 Å². The third-order valence-corrected chi connectivity index (χ3v) is 4.09. The van der Waals surface area contributed by atoms with Crippen molar-refractivity contribution in [2.24, 2.45) is 0 Å². The number of rotatable bonds is 6. The number of carbonyl (C=O) groups is 2. The molecule has 1 aliphatic carbocycles. The zero-order chi connectivity index (χ0) is 16.7. The zero-order valence-electron chi connectivity index (χ0n) is 13.2. The number of hydrogen-bond acceptors (Lipinski definition) is 3. The second-order valence-electron chi connectivity index (χ2n) is 5.52. The molecular formula is C16H22ClN3O3. The lowest BCUT2D eigenvalue weighted by molar-refractivity contribution is 0.0937. The van der Waals surface area contributed by atoms with Gasteiger partial charge in [-0.05, 0) is 31.0 Å². The molecule has 0 spiro atoms. The average molecular weight is 340 g/mol. The van der Waals surface area contributed by atoms with Gasteiger partial charge in [-0.15, -0.1) is 0 Å². The lowest BCUT2D eigenvalue weighted by atomic mass is 10.2. The first kappa shape index (κ1) is 17.6. The standard InChI is InChI=1S/C16H22ClN3O3/c1-23-9-8-18-15(21)11-6-7-13(17)14(10-11)20-16(22)19-12-4-2-3-5-12/h6-7,10,12H,2-5,8-9H2,1H3,(H,18,21)(H2,19,20,22). The van der Waals surface area contributed by atoms with Crippen molar-refractivity contribution in [1.82, 2.24) is 10.6 Å². The molecule has 1 fully saturated rings. The normalized spacial score (nSPS) is 14.5. The topological polar surface area (TPSA) is 79.5 Å². The number of methoxy groups -OCH3 is 1. The van der Waals surface area contributed by atoms with Crippen molar-refractivity contribution in [2.45, 2.75) is 31.7 Å². The molecule has 1 aliphatic rings. The van der Waals surface area contributed by atoms with E-state index in [1.807, 2.05) is 0 Å². The highest BCUT2D eigenvalue weighted by Crippen LogP contribution is 2.23. The molecule has 6 nitrogen and oxygen atoms in total. The number of anilines is 1. The summed E-state index contributed by atoms with van der Waals surface area (Å²) in [6, 6.07) is 4.70. The summed E-state index contributed by atoms with van der Waals surface area (Å²) in [5.74, 6) is -0.238. The van der Waals surface area contributed by atoms with Crippen molar-refractivity contribution < 1.29 is 14.3 Å². The minimum Gasteiger partial charge on any atom is -0.383 e. The lowest BCUT2D eigenvalue weighted by Crippen LogP contribution is -2.36. The molecule has 2 rings (SSSR count). The molecule has 3 N–H and O–H groups in total. The van der Waals surface area contributed by atoms with Gasteiger partial charge in [0.2, 0.25) is 0 Å². The largest absolute Gasteiger partial charge is 0.383 e. The summed E-state index contributed by atoms with van der Waals surface area (Å²) < 4.78 is 4.89. The highest BCUT2D eigenvalue weighted by atomic mass is 35.5. The van der Waals surface area contributed by atoms with Crippen LogP contribution < -0.4 is 16.0 Å². The number of amides is 3. The second kappa shape index (κ2) is 8.74. The monoisotopic (exact) mass is 339 g/mol. The first-order valence-corrected chi connectivity index (χ1v) is 8.12. The van der Waals surface area contributed by atoms with Crippen LogP contribution >= 0.6 is 11.6 Å². The minimum absolute atomic E-state index is 0.217. The van der Waals surface area contributed by atoms with Crippen LogP contribution in [0.25, 0.3) is 0 Å². The predicted octanol–water partition coefficient (Wildman–Crippen LogP) is 2.78. The Hall–Kier alpha value is -1.79. The fourth-order valence-electron chi connectivity index (χ4n) is 2.54. The Bertz CT molecular complexity index is 560. The Morgan fingerprint density at radius 2 is 2.04 bits per heavy atom. The summed E-state index contributed by atoms with van der Waals surface area (Å²) in [6.07, 6.45) is 4.29. The molecule has 0 atom stereocenters. The molecule has 0 unspecified atom stereocenters. The van der Waals surface area contributed by atoms with E-state index in [-0.39, 0.29) is 18.0 Å². The van der Waals surface area contributed by atoms with Gasteiger partial charge < -0.3 is 20.7 Å². The Morgan fingerprint density at radius 3 is 2.74 bits per heavy atom. The van der Waals surface area contributed by atoms with E-state index >= 15 is 0 Å². The molecule has 0 bridgehead atoms. The Labute approximate surface area is 140 Å². The van der Waals surface area contributed by atoms with Crippen molar-refractivity contribution in [2.75, 3.05) is 25.6 Å². The highest BCUT2D eigenvalue weighted by molar-refractivity contribution is 6.33. The first-order valence-electron chi connectivity index (χ1n) is 7.74. The summed E-state index contributed by atoms with van der Waals surface area (Å²) in [5.41, 5.74) is 0.850. The van der Waals surface area contributed by atoms with Crippen molar-refractivity contribution in [1.29, 1.82) is 0 Å². The second-order valence-corrected chi connectivity index (χ2v) is 5.93. The van der Waals surface area contributed by atoms with Crippen molar-refractivity contribution >= 4 is 29.2 Å². The molecule has 0 aromatic heterocycles. The average Bonchev–Trinajstić information content (AvgIpc) is 3.02. The third-order valence-electron chi connectivity index (χ3n) is 3.76. The smallest absolute Gasteiger partial charge is 0.319 e. The van der Waals surface area contributed by atoms with Gasteiger partial charge in [0, 0.05) is 25.3 Å². The van der Waals surface area contributed by atoms with Gasteiger partial charge in [-0.1, -0.05) is 24.4 Å². The summed E-state index contributed by atoms with van der Waals surface area (Å²) in [4.78, 5) is 24.0. The minimum atomic E-state index is -0.296. The van der Waals surface area contributed by atoms with E-state index in [1.54, 1.807) is 25.3 Å². The van der Waals surface area contributed by atoms with E-state index in [4.69, 9.17) is 16.3 Å². The maximum Gasteiger partial charge on any atom is 0.319 e. The number of urea groups is 1. The van der Waals surface area contributed by atoms with Crippen LogP contribution in [-0.4, -0.2) is 38.2 Å². The van der Waals surface area contributed by atoms with Gasteiger partial charge in [-0.3, -0.25) is 4.79 Å². The quantitative estimate of drug-likeness (QED) is 0.697. The lowest BCUT2D eigenvalue weighted by Gasteiger charge is -2.14. The molecule has 1 aromatic rings. The van der Waals surface area contributed by atoms with E-state index in [0.29, 0.717) is 29.4 Å². The Morgan fingerprint density at radius 1 is 1.30 bits per heavy atom. The maximum absolute atomic E-state index is 12.0. The van der Waals surface area contributed by atoms with Crippen LogP contribution in [0.2, 0.25) is 5.02 Å². The van der Waals surface area contributed by atoms with Gasteiger partial charge >= 0.3 is 6.03 Å². The molecule has 1 aromatic carbocycles. The summed E-state index contributed by atoms with van der Waals surface area (Å²) >= 11 is 6.09. The highest BCUT2D eigenvalue weighted by Gasteiger charge is 2.18. The van der Waals surface area contributed by atoms with Crippen molar-refractivity contribution in [3.05, 3.63) is 28.8 Å². The third kappa shape index (κ3) is 5.41. The molecule has 3 amide bonds. The number of ether oxygens (including phenoxy) is 1. The van der Waals surface area contributed by atoms with Crippen LogP contribution in [0.5, 0.6) is 0 Å². The van der Waals surface area contributed by atoms with Crippen LogP contribution in [0.3, 0.4) is 0 Å². The molecule has 23 heavy (non-hydrogen) atoms. The molecule has 126 valence electrons. The van der Waals surface area contributed by atoms with E-state index in [2.05, 4.69) is 16.0 Å². The number of hydrogen-bond donors (Lipinski definition) is 3. The zero-order valence-corrected chi connectivity index (χ0v) is 13.9. The van der Waals surface area contributed by atoms with Gasteiger partial charge in [0.1, 0.15) is 0 Å². The van der Waals surface area contributed by atoms with Crippen molar-refractivity contribution in [3.8, 4) is 0 Å². The number of halogens is 1. The Kier molecular flexibility index (Phi) is 6.67. The van der Waals surface area contributed by atoms with Crippen molar-refractivity contribution in [3.63, 3.8) is 0 Å². The van der Waals surface area contributed by atoms with Gasteiger partial charge in [-0.25, -0.2) is 4.79 Å². The molecule has 7 heteroatoms. The maximum atomic E-state index is 12.0. The summed E-state index contributed by atoms with van der Waals surface area (Å²) in [5, 5.41) is 8.74. The molecule has 0 saturated heterocycles.